The lowest BCUT2D eigenvalue weighted by Crippen LogP contribution is -2.10. The predicted molar refractivity (Wildman–Crippen MR) is 196 cm³/mol. The maximum Gasteiger partial charge on any atom is 0.0468 e. The van der Waals surface area contributed by atoms with Crippen LogP contribution in [0.5, 0.6) is 0 Å². The van der Waals surface area contributed by atoms with E-state index in [1.54, 1.807) is 0 Å². The molecule has 0 saturated carbocycles. The van der Waals surface area contributed by atoms with Crippen molar-refractivity contribution in [3.05, 3.63) is 194 Å². The van der Waals surface area contributed by atoms with E-state index in [4.69, 9.17) is 0 Å². The average Bonchev–Trinajstić information content (AvgIpc) is 3.13. The number of para-hydroxylation sites is 2. The van der Waals surface area contributed by atoms with Crippen molar-refractivity contribution in [1.82, 2.24) is 0 Å². The van der Waals surface area contributed by atoms with Gasteiger partial charge < -0.3 is 9.80 Å². The normalized spacial score (nSPS) is 11.0. The summed E-state index contributed by atoms with van der Waals surface area (Å²) in [5.41, 5.74) is 9.13. The molecule has 0 atom stereocenters. The van der Waals surface area contributed by atoms with Crippen LogP contribution in [-0.2, 0) is 0 Å². The molecule has 0 unspecified atom stereocenters. The van der Waals surface area contributed by atoms with Gasteiger partial charge in [0.1, 0.15) is 0 Å². The highest BCUT2D eigenvalue weighted by atomic mass is 15.1. The van der Waals surface area contributed by atoms with E-state index >= 15 is 0 Å². The van der Waals surface area contributed by atoms with Crippen LogP contribution >= 0.6 is 0 Å². The average molecular weight is 589 g/mol. The molecule has 0 aliphatic heterocycles. The maximum atomic E-state index is 2.35. The molecule has 0 radical (unpaired) electrons. The van der Waals surface area contributed by atoms with Crippen molar-refractivity contribution in [2.75, 3.05) is 9.80 Å². The van der Waals surface area contributed by atoms with E-state index in [1.165, 1.54) is 32.7 Å². The lowest BCUT2D eigenvalue weighted by molar-refractivity contribution is 1.28. The van der Waals surface area contributed by atoms with Crippen LogP contribution in [0.4, 0.5) is 34.1 Å². The summed E-state index contributed by atoms with van der Waals surface area (Å²) in [6.07, 6.45) is 0. The Kier molecular flexibility index (Phi) is 7.22. The van der Waals surface area contributed by atoms with E-state index in [-0.39, 0.29) is 0 Å². The molecule has 2 nitrogen and oxygen atoms in total. The van der Waals surface area contributed by atoms with E-state index in [1.807, 2.05) is 0 Å². The van der Waals surface area contributed by atoms with Gasteiger partial charge in [0, 0.05) is 34.1 Å². The molecule has 0 aliphatic rings. The topological polar surface area (TPSA) is 6.48 Å². The van der Waals surface area contributed by atoms with Crippen molar-refractivity contribution in [2.24, 2.45) is 0 Å². The van der Waals surface area contributed by atoms with Crippen molar-refractivity contribution < 1.29 is 0 Å². The third kappa shape index (κ3) is 5.38. The Labute approximate surface area is 270 Å². The maximum absolute atomic E-state index is 2.35. The van der Waals surface area contributed by atoms with Crippen LogP contribution in [0.15, 0.2) is 194 Å². The summed E-state index contributed by atoms with van der Waals surface area (Å²) in [6, 6.07) is 69.3. The number of hydrogen-bond donors (Lipinski definition) is 0. The first-order chi connectivity index (χ1) is 22.8. The number of benzene rings is 8. The van der Waals surface area contributed by atoms with Gasteiger partial charge in [0.25, 0.3) is 0 Å². The monoisotopic (exact) mass is 588 g/mol. The second-order valence-corrected chi connectivity index (χ2v) is 11.5. The second-order valence-electron chi connectivity index (χ2n) is 11.5. The first-order valence-corrected chi connectivity index (χ1v) is 15.7. The molecule has 0 aliphatic carbocycles. The number of fused-ring (bicyclic) bond motifs is 2. The summed E-state index contributed by atoms with van der Waals surface area (Å²) >= 11 is 0. The molecule has 46 heavy (non-hydrogen) atoms. The molecule has 8 rings (SSSR count). The van der Waals surface area contributed by atoms with Gasteiger partial charge in [-0.05, 0) is 105 Å². The van der Waals surface area contributed by atoms with Gasteiger partial charge in [0.15, 0.2) is 0 Å². The molecular formula is C44H32N2. The van der Waals surface area contributed by atoms with Crippen LogP contribution in [0.3, 0.4) is 0 Å². The molecular weight excluding hydrogens is 556 g/mol. The van der Waals surface area contributed by atoms with E-state index in [0.717, 1.165) is 34.1 Å². The first kappa shape index (κ1) is 27.4. The summed E-state index contributed by atoms with van der Waals surface area (Å²) in [4.78, 5) is 4.64. The summed E-state index contributed by atoms with van der Waals surface area (Å²) in [5, 5.41) is 4.92. The third-order valence-corrected chi connectivity index (χ3v) is 8.60. The highest BCUT2D eigenvalue weighted by Gasteiger charge is 2.15. The quantitative estimate of drug-likeness (QED) is 0.183. The minimum absolute atomic E-state index is 1.12. The highest BCUT2D eigenvalue weighted by molar-refractivity contribution is 5.92. The molecule has 0 saturated heterocycles. The molecule has 0 fully saturated rings. The van der Waals surface area contributed by atoms with Crippen LogP contribution in [0.25, 0.3) is 32.7 Å². The number of hydrogen-bond acceptors (Lipinski definition) is 2. The fraction of sp³-hybridized carbons (Fsp3) is 0. The van der Waals surface area contributed by atoms with E-state index in [9.17, 15) is 0 Å². The minimum Gasteiger partial charge on any atom is -0.311 e. The Balaban J connectivity index is 1.15. The van der Waals surface area contributed by atoms with Crippen LogP contribution in [0.1, 0.15) is 0 Å². The van der Waals surface area contributed by atoms with E-state index < -0.39 is 0 Å². The van der Waals surface area contributed by atoms with Crippen molar-refractivity contribution in [3.63, 3.8) is 0 Å². The molecule has 0 heterocycles. The Morgan fingerprint density at radius 1 is 0.217 bits per heavy atom. The zero-order valence-corrected chi connectivity index (χ0v) is 25.4. The fourth-order valence-corrected chi connectivity index (χ4v) is 6.29. The van der Waals surface area contributed by atoms with Crippen LogP contribution in [-0.4, -0.2) is 0 Å². The molecule has 0 bridgehead atoms. The van der Waals surface area contributed by atoms with Crippen molar-refractivity contribution in [3.8, 4) is 11.1 Å². The van der Waals surface area contributed by atoms with Crippen LogP contribution in [0.2, 0.25) is 0 Å². The molecule has 2 heteroatoms. The molecule has 8 aromatic rings. The van der Waals surface area contributed by atoms with Crippen LogP contribution in [0, 0.1) is 0 Å². The molecule has 0 N–H and O–H groups in total. The Morgan fingerprint density at radius 2 is 0.522 bits per heavy atom. The molecule has 0 spiro atoms. The SMILES string of the molecule is c1ccc(N(c2ccccc2)c2ccc(-c3ccc(N(c4ccc5ccccc5c4)c4ccc5ccccc5c4)cc3)cc2)cc1. The van der Waals surface area contributed by atoms with Gasteiger partial charge in [0.05, 0.1) is 0 Å². The zero-order chi connectivity index (χ0) is 30.7. The second kappa shape index (κ2) is 12.1. The van der Waals surface area contributed by atoms with E-state index in [0.29, 0.717) is 0 Å². The summed E-state index contributed by atoms with van der Waals surface area (Å²) < 4.78 is 0. The van der Waals surface area contributed by atoms with Crippen molar-refractivity contribution >= 4 is 55.7 Å². The van der Waals surface area contributed by atoms with Crippen molar-refractivity contribution in [1.29, 1.82) is 0 Å². The molecule has 8 aromatic carbocycles. The number of nitrogens with zero attached hydrogens (tertiary/aromatic N) is 2. The van der Waals surface area contributed by atoms with Gasteiger partial charge in [-0.15, -0.1) is 0 Å². The lowest BCUT2D eigenvalue weighted by Gasteiger charge is -2.26. The number of rotatable bonds is 7. The molecule has 0 amide bonds. The van der Waals surface area contributed by atoms with Crippen LogP contribution < -0.4 is 9.80 Å². The Bertz CT molecular complexity index is 2120. The predicted octanol–water partition coefficient (Wildman–Crippen LogP) is 12.6. The van der Waals surface area contributed by atoms with E-state index in [2.05, 4.69) is 204 Å². The molecule has 218 valence electrons. The van der Waals surface area contributed by atoms with Gasteiger partial charge in [-0.1, -0.05) is 121 Å². The van der Waals surface area contributed by atoms with Gasteiger partial charge in [-0.25, -0.2) is 0 Å². The smallest absolute Gasteiger partial charge is 0.0468 e. The largest absolute Gasteiger partial charge is 0.311 e. The van der Waals surface area contributed by atoms with Crippen molar-refractivity contribution in [2.45, 2.75) is 0 Å². The lowest BCUT2D eigenvalue weighted by atomic mass is 10.0. The standard InChI is InChI=1S/C44H32N2/c1-3-15-39(16-4-1)45(40-17-5-2-6-18-40)41-25-19-35(20-26-41)36-21-27-42(28-22-36)46(43-29-23-33-11-7-9-13-37(33)31-43)44-30-24-34-12-8-10-14-38(34)32-44/h1-32H. The molecule has 0 aromatic heterocycles. The van der Waals surface area contributed by atoms with Gasteiger partial charge in [0.2, 0.25) is 0 Å². The Hall–Kier alpha value is -6.12. The fourth-order valence-electron chi connectivity index (χ4n) is 6.29. The third-order valence-electron chi connectivity index (χ3n) is 8.60. The zero-order valence-electron chi connectivity index (χ0n) is 25.4. The highest BCUT2D eigenvalue weighted by Crippen LogP contribution is 2.39. The van der Waals surface area contributed by atoms with Gasteiger partial charge in [-0.2, -0.15) is 0 Å². The summed E-state index contributed by atoms with van der Waals surface area (Å²) in [6.45, 7) is 0. The summed E-state index contributed by atoms with van der Waals surface area (Å²) in [5.74, 6) is 0. The Morgan fingerprint density at radius 3 is 0.935 bits per heavy atom. The summed E-state index contributed by atoms with van der Waals surface area (Å²) in [7, 11) is 0. The first-order valence-electron chi connectivity index (χ1n) is 15.7. The number of anilines is 6. The van der Waals surface area contributed by atoms with Gasteiger partial charge in [-0.3, -0.25) is 0 Å². The van der Waals surface area contributed by atoms with Gasteiger partial charge >= 0.3 is 0 Å². The minimum atomic E-state index is 1.12.